The van der Waals surface area contributed by atoms with Gasteiger partial charge in [0.2, 0.25) is 5.95 Å². The highest BCUT2D eigenvalue weighted by Gasteiger charge is 2.37. The molecule has 0 spiro atoms. The average Bonchev–Trinajstić information content (AvgIpc) is 3.33. The largest absolute Gasteiger partial charge is 0.480 e. The third-order valence-electron chi connectivity index (χ3n) is 5.05. The van der Waals surface area contributed by atoms with Crippen molar-refractivity contribution in [1.29, 1.82) is 0 Å². The van der Waals surface area contributed by atoms with E-state index in [4.69, 9.17) is 5.11 Å². The smallest absolute Gasteiger partial charge is 0.317 e. The predicted molar refractivity (Wildman–Crippen MR) is 93.2 cm³/mol. The normalized spacial score (nSPS) is 23.1. The van der Waals surface area contributed by atoms with Gasteiger partial charge in [0.1, 0.15) is 0 Å². The lowest BCUT2D eigenvalue weighted by molar-refractivity contribution is -0.139. The lowest BCUT2D eigenvalue weighted by Gasteiger charge is -2.42. The van der Waals surface area contributed by atoms with Crippen LogP contribution < -0.4 is 5.32 Å². The molecule has 24 heavy (non-hydrogen) atoms. The fourth-order valence-corrected chi connectivity index (χ4v) is 3.32. The fraction of sp³-hybridized carbons (Fsp3) is 0.722. The third kappa shape index (κ3) is 4.44. The monoisotopic (exact) mass is 332 g/mol. The molecule has 6 heteroatoms. The van der Waals surface area contributed by atoms with Gasteiger partial charge in [0.15, 0.2) is 0 Å². The fourth-order valence-electron chi connectivity index (χ4n) is 3.32. The van der Waals surface area contributed by atoms with E-state index in [0.29, 0.717) is 18.0 Å². The molecule has 0 amide bonds. The van der Waals surface area contributed by atoms with Crippen molar-refractivity contribution < 1.29 is 9.90 Å². The minimum Gasteiger partial charge on any atom is -0.480 e. The van der Waals surface area contributed by atoms with Gasteiger partial charge in [-0.3, -0.25) is 9.69 Å². The highest BCUT2D eigenvalue weighted by molar-refractivity contribution is 5.69. The lowest BCUT2D eigenvalue weighted by Crippen LogP contribution is -2.52. The molecule has 0 unspecified atom stereocenters. The van der Waals surface area contributed by atoms with E-state index >= 15 is 0 Å². The molecule has 1 aromatic rings. The summed E-state index contributed by atoms with van der Waals surface area (Å²) in [6.45, 7) is 5.31. The summed E-state index contributed by atoms with van der Waals surface area (Å²) in [5.74, 6) is 0.716. The molecule has 2 aliphatic rings. The number of carbonyl (C=O) groups is 1. The van der Waals surface area contributed by atoms with Gasteiger partial charge in [-0.15, -0.1) is 0 Å². The second-order valence-corrected chi connectivity index (χ2v) is 7.11. The summed E-state index contributed by atoms with van der Waals surface area (Å²) in [5, 5.41) is 12.6. The van der Waals surface area contributed by atoms with E-state index < -0.39 is 5.97 Å². The highest BCUT2D eigenvalue weighted by atomic mass is 16.4. The summed E-state index contributed by atoms with van der Waals surface area (Å²) in [6, 6.07) is 2.79. The second kappa shape index (κ2) is 7.47. The Labute approximate surface area is 143 Å². The molecule has 1 heterocycles. The van der Waals surface area contributed by atoms with Crippen LogP contribution in [0.25, 0.3) is 0 Å². The number of hydrogen-bond donors (Lipinski definition) is 2. The lowest BCUT2D eigenvalue weighted by atomic mass is 9.85. The molecule has 2 saturated carbocycles. The molecule has 0 atom stereocenters. The number of hydrogen-bond acceptors (Lipinski definition) is 5. The molecule has 1 aromatic heterocycles. The van der Waals surface area contributed by atoms with Gasteiger partial charge in [-0.2, -0.15) is 0 Å². The molecule has 0 radical (unpaired) electrons. The molecule has 2 fully saturated rings. The minimum atomic E-state index is -0.723. The quantitative estimate of drug-likeness (QED) is 0.723. The van der Waals surface area contributed by atoms with Gasteiger partial charge in [-0.1, -0.05) is 13.8 Å². The molecule has 6 nitrogen and oxygen atoms in total. The van der Waals surface area contributed by atoms with E-state index in [1.165, 1.54) is 12.8 Å². The molecule has 2 aliphatic carbocycles. The van der Waals surface area contributed by atoms with Crippen LogP contribution in [0, 0.1) is 5.92 Å². The van der Waals surface area contributed by atoms with E-state index in [2.05, 4.69) is 40.1 Å². The van der Waals surface area contributed by atoms with Crippen LogP contribution in [-0.2, 0) is 17.6 Å². The van der Waals surface area contributed by atoms with E-state index in [9.17, 15) is 4.79 Å². The Morgan fingerprint density at radius 2 is 1.88 bits per heavy atom. The molecular weight excluding hydrogens is 304 g/mol. The van der Waals surface area contributed by atoms with Gasteiger partial charge in [0.25, 0.3) is 0 Å². The summed E-state index contributed by atoms with van der Waals surface area (Å²) in [6.07, 6.45) is 6.27. The number of aromatic nitrogens is 2. The number of rotatable bonds is 9. The van der Waals surface area contributed by atoms with Crippen LogP contribution in [0.15, 0.2) is 6.07 Å². The van der Waals surface area contributed by atoms with Crippen molar-refractivity contribution in [3.63, 3.8) is 0 Å². The Morgan fingerprint density at radius 1 is 1.25 bits per heavy atom. The standard InChI is InChI=1S/C18H28N4O2/c1-3-13-7-14(4-2)20-18(19-13)21-15-8-16(9-15)22(11-17(23)24)10-12-5-6-12/h7,12,15-16H,3-6,8-11H2,1-2H3,(H,23,24)(H,19,20,21). The number of nitrogens with zero attached hydrogens (tertiary/aromatic N) is 3. The van der Waals surface area contributed by atoms with Gasteiger partial charge < -0.3 is 10.4 Å². The van der Waals surface area contributed by atoms with Crippen LogP contribution in [0.2, 0.25) is 0 Å². The van der Waals surface area contributed by atoms with Crippen molar-refractivity contribution >= 4 is 11.9 Å². The van der Waals surface area contributed by atoms with E-state index in [1.54, 1.807) is 0 Å². The van der Waals surface area contributed by atoms with Crippen LogP contribution >= 0.6 is 0 Å². The van der Waals surface area contributed by atoms with Gasteiger partial charge in [0, 0.05) is 30.0 Å². The summed E-state index contributed by atoms with van der Waals surface area (Å²) >= 11 is 0. The first-order valence-electron chi connectivity index (χ1n) is 9.16. The van der Waals surface area contributed by atoms with Crippen molar-refractivity contribution in [1.82, 2.24) is 14.9 Å². The maximum Gasteiger partial charge on any atom is 0.317 e. The third-order valence-corrected chi connectivity index (χ3v) is 5.05. The van der Waals surface area contributed by atoms with Crippen molar-refractivity contribution in [2.75, 3.05) is 18.4 Å². The molecule has 0 aliphatic heterocycles. The van der Waals surface area contributed by atoms with Gasteiger partial charge >= 0.3 is 5.97 Å². The van der Waals surface area contributed by atoms with Crippen LogP contribution in [0.3, 0.4) is 0 Å². The first kappa shape index (κ1) is 17.1. The van der Waals surface area contributed by atoms with Gasteiger partial charge in [-0.25, -0.2) is 9.97 Å². The summed E-state index contributed by atoms with van der Waals surface area (Å²) in [4.78, 5) is 22.4. The molecule has 0 aromatic carbocycles. The zero-order valence-corrected chi connectivity index (χ0v) is 14.7. The Balaban J connectivity index is 1.54. The molecule has 0 bridgehead atoms. The van der Waals surface area contributed by atoms with Crippen LogP contribution in [0.4, 0.5) is 5.95 Å². The summed E-state index contributed by atoms with van der Waals surface area (Å²) in [5.41, 5.74) is 2.14. The Bertz CT molecular complexity index is 560. The summed E-state index contributed by atoms with van der Waals surface area (Å²) in [7, 11) is 0. The number of aryl methyl sites for hydroxylation is 2. The van der Waals surface area contributed by atoms with Crippen molar-refractivity contribution in [3.05, 3.63) is 17.5 Å². The van der Waals surface area contributed by atoms with E-state index in [-0.39, 0.29) is 6.54 Å². The maximum absolute atomic E-state index is 11.1. The average molecular weight is 332 g/mol. The Kier molecular flexibility index (Phi) is 5.33. The molecule has 3 rings (SSSR count). The Hall–Kier alpha value is -1.69. The number of nitrogens with one attached hydrogen (secondary N) is 1. The SMILES string of the molecule is CCc1cc(CC)nc(NC2CC(N(CC(=O)O)CC3CC3)C2)n1. The maximum atomic E-state index is 11.1. The Morgan fingerprint density at radius 3 is 2.38 bits per heavy atom. The van der Waals surface area contributed by atoms with Crippen molar-refractivity contribution in [3.8, 4) is 0 Å². The number of carboxylic acid groups (broad SMARTS) is 1. The molecular formula is C18H28N4O2. The first-order valence-corrected chi connectivity index (χ1v) is 9.16. The molecule has 2 N–H and O–H groups in total. The highest BCUT2D eigenvalue weighted by Crippen LogP contribution is 2.34. The summed E-state index contributed by atoms with van der Waals surface area (Å²) < 4.78 is 0. The van der Waals surface area contributed by atoms with Gasteiger partial charge in [-0.05, 0) is 50.5 Å². The number of aliphatic carboxylic acids is 1. The topological polar surface area (TPSA) is 78.4 Å². The van der Waals surface area contributed by atoms with Crippen LogP contribution in [0.1, 0.15) is 50.9 Å². The minimum absolute atomic E-state index is 0.162. The zero-order valence-electron chi connectivity index (χ0n) is 14.7. The number of anilines is 1. The van der Waals surface area contributed by atoms with E-state index in [1.807, 2.05) is 0 Å². The second-order valence-electron chi connectivity index (χ2n) is 7.11. The van der Waals surface area contributed by atoms with Crippen molar-refractivity contribution in [2.24, 2.45) is 5.92 Å². The number of carboxylic acids is 1. The van der Waals surface area contributed by atoms with E-state index in [0.717, 1.165) is 49.6 Å². The van der Waals surface area contributed by atoms with Gasteiger partial charge in [0.05, 0.1) is 6.54 Å². The molecule has 132 valence electrons. The van der Waals surface area contributed by atoms with Crippen LogP contribution in [-0.4, -0.2) is 51.1 Å². The molecule has 0 saturated heterocycles. The zero-order chi connectivity index (χ0) is 17.1. The predicted octanol–water partition coefficient (Wildman–Crippen LogP) is 2.34. The van der Waals surface area contributed by atoms with Crippen molar-refractivity contribution in [2.45, 2.75) is 64.5 Å². The first-order chi connectivity index (χ1) is 11.6. The van der Waals surface area contributed by atoms with Crippen LogP contribution in [0.5, 0.6) is 0 Å².